The van der Waals surface area contributed by atoms with Gasteiger partial charge in [0.2, 0.25) is 6.10 Å². The normalized spacial score (nSPS) is 15.7. The molecular weight excluding hydrogens is 528 g/mol. The molecule has 0 radical (unpaired) electrons. The highest BCUT2D eigenvalue weighted by atomic mass is 16.6. The third-order valence-corrected chi connectivity index (χ3v) is 7.11. The monoisotopic (exact) mass is 580 g/mol. The van der Waals surface area contributed by atoms with Gasteiger partial charge in [-0.2, -0.15) is 0 Å². The van der Waals surface area contributed by atoms with Gasteiger partial charge in [0, 0.05) is 6.42 Å². The molecule has 0 aliphatic carbocycles. The zero-order chi connectivity index (χ0) is 31.9. The van der Waals surface area contributed by atoms with Crippen molar-refractivity contribution in [2.75, 3.05) is 13.2 Å². The summed E-state index contributed by atoms with van der Waals surface area (Å²) in [6.45, 7) is 19.3. The number of aliphatic hydroxyl groups excluding tert-OH is 1. The largest absolute Gasteiger partial charge is 0.463 e. The summed E-state index contributed by atoms with van der Waals surface area (Å²) in [6.07, 6.45) is 1.43. The van der Waals surface area contributed by atoms with Gasteiger partial charge in [0.1, 0.15) is 13.2 Å². The smallest absolute Gasteiger partial charge is 0.347 e. The summed E-state index contributed by atoms with van der Waals surface area (Å²) >= 11 is 0. The SMILES string of the molecule is CCC(C)(C)C(=O)OC1CCOC1=O.CCC(C)(C)C(=O)OCC(C)O.CCC(C)(C)C(=O)OCc1ccccc1. The maximum Gasteiger partial charge on any atom is 0.347 e. The van der Waals surface area contributed by atoms with Crippen molar-refractivity contribution in [3.8, 4) is 0 Å². The minimum Gasteiger partial charge on any atom is -0.463 e. The average Bonchev–Trinajstić information content (AvgIpc) is 3.35. The van der Waals surface area contributed by atoms with E-state index in [4.69, 9.17) is 24.1 Å². The lowest BCUT2D eigenvalue weighted by atomic mass is 9.90. The molecule has 1 aromatic carbocycles. The van der Waals surface area contributed by atoms with Crippen LogP contribution in [0.2, 0.25) is 0 Å². The van der Waals surface area contributed by atoms with Crippen LogP contribution < -0.4 is 0 Å². The lowest BCUT2D eigenvalue weighted by Crippen LogP contribution is -2.32. The molecule has 1 aliphatic rings. The Morgan fingerprint density at radius 1 is 0.854 bits per heavy atom. The Kier molecular flexibility index (Phi) is 16.5. The predicted molar refractivity (Wildman–Crippen MR) is 157 cm³/mol. The Morgan fingerprint density at radius 2 is 1.32 bits per heavy atom. The average molecular weight is 581 g/mol. The van der Waals surface area contributed by atoms with E-state index in [9.17, 15) is 19.2 Å². The summed E-state index contributed by atoms with van der Waals surface area (Å²) in [5, 5.41) is 8.86. The summed E-state index contributed by atoms with van der Waals surface area (Å²) in [5.41, 5.74) is -0.315. The number of hydrogen-bond acceptors (Lipinski definition) is 9. The van der Waals surface area contributed by atoms with Crippen molar-refractivity contribution in [2.24, 2.45) is 16.2 Å². The minimum absolute atomic E-state index is 0.0856. The molecule has 0 aromatic heterocycles. The molecule has 2 unspecified atom stereocenters. The summed E-state index contributed by atoms with van der Waals surface area (Å²) < 4.78 is 19.9. The Labute approximate surface area is 246 Å². The Balaban J connectivity index is 0.000000590. The van der Waals surface area contributed by atoms with E-state index in [1.807, 2.05) is 78.8 Å². The molecule has 1 aromatic rings. The van der Waals surface area contributed by atoms with Crippen LogP contribution in [0.15, 0.2) is 30.3 Å². The van der Waals surface area contributed by atoms with E-state index in [0.29, 0.717) is 26.1 Å². The second-order valence-corrected chi connectivity index (χ2v) is 12.1. The van der Waals surface area contributed by atoms with Crippen LogP contribution in [0.25, 0.3) is 0 Å². The first-order valence-corrected chi connectivity index (χ1v) is 14.4. The number of hydrogen-bond donors (Lipinski definition) is 1. The fourth-order valence-electron chi connectivity index (χ4n) is 2.62. The van der Waals surface area contributed by atoms with E-state index in [0.717, 1.165) is 18.4 Å². The first-order chi connectivity index (χ1) is 18.9. The van der Waals surface area contributed by atoms with Crippen molar-refractivity contribution in [1.29, 1.82) is 0 Å². The van der Waals surface area contributed by atoms with Crippen LogP contribution in [0.5, 0.6) is 0 Å². The van der Waals surface area contributed by atoms with Crippen molar-refractivity contribution in [3.05, 3.63) is 35.9 Å². The van der Waals surface area contributed by atoms with Crippen LogP contribution in [0.1, 0.15) is 100 Å². The molecule has 2 atom stereocenters. The molecule has 0 saturated carbocycles. The molecule has 41 heavy (non-hydrogen) atoms. The van der Waals surface area contributed by atoms with Crippen molar-refractivity contribution >= 4 is 23.9 Å². The van der Waals surface area contributed by atoms with Crippen molar-refractivity contribution in [3.63, 3.8) is 0 Å². The van der Waals surface area contributed by atoms with Crippen LogP contribution in [0, 0.1) is 16.2 Å². The molecule has 1 saturated heterocycles. The van der Waals surface area contributed by atoms with E-state index in [1.165, 1.54) is 0 Å². The summed E-state index contributed by atoms with van der Waals surface area (Å²) in [5.74, 6) is -1.13. The maximum atomic E-state index is 11.6. The minimum atomic E-state index is -0.687. The lowest BCUT2D eigenvalue weighted by molar-refractivity contribution is -0.167. The van der Waals surface area contributed by atoms with E-state index in [2.05, 4.69) is 0 Å². The standard InChI is InChI=1S/C13H18O2.C10H16O4.C9H18O3/c1-4-13(2,3)12(14)15-10-11-8-6-5-7-9-11;1-4-10(2,3)9(12)14-7-5-6-13-8(7)11;1-5-9(3,4)8(11)12-6-7(2)10/h5-9H,4,10H2,1-3H3;7H,4-6H2,1-3H3;7,10H,5-6H2,1-4H3. The second-order valence-electron chi connectivity index (χ2n) is 12.1. The van der Waals surface area contributed by atoms with Gasteiger partial charge < -0.3 is 24.1 Å². The fraction of sp³-hybridized carbons (Fsp3) is 0.688. The van der Waals surface area contributed by atoms with Crippen LogP contribution in [0.4, 0.5) is 0 Å². The Bertz CT molecular complexity index is 949. The van der Waals surface area contributed by atoms with Gasteiger partial charge >= 0.3 is 23.9 Å². The molecule has 9 nitrogen and oxygen atoms in total. The van der Waals surface area contributed by atoms with Crippen LogP contribution >= 0.6 is 0 Å². The van der Waals surface area contributed by atoms with Crippen LogP contribution in [-0.4, -0.2) is 54.4 Å². The lowest BCUT2D eigenvalue weighted by Gasteiger charge is -2.21. The van der Waals surface area contributed by atoms with Gasteiger partial charge in [0.25, 0.3) is 0 Å². The molecule has 0 bridgehead atoms. The summed E-state index contributed by atoms with van der Waals surface area (Å²) in [4.78, 5) is 45.5. The van der Waals surface area contributed by atoms with Crippen molar-refractivity contribution in [2.45, 2.75) is 114 Å². The van der Waals surface area contributed by atoms with Gasteiger partial charge in [-0.05, 0) is 73.3 Å². The molecule has 0 spiro atoms. The second kappa shape index (κ2) is 17.8. The van der Waals surface area contributed by atoms with Crippen molar-refractivity contribution in [1.82, 2.24) is 0 Å². The highest BCUT2D eigenvalue weighted by Gasteiger charge is 2.35. The molecule has 0 amide bonds. The number of carbonyl (C=O) groups excluding carboxylic acids is 4. The molecule has 1 heterocycles. The number of benzene rings is 1. The van der Waals surface area contributed by atoms with E-state index in [1.54, 1.807) is 20.8 Å². The van der Waals surface area contributed by atoms with Gasteiger partial charge in [-0.3, -0.25) is 14.4 Å². The zero-order valence-electron chi connectivity index (χ0n) is 26.7. The molecule has 9 heteroatoms. The van der Waals surface area contributed by atoms with Crippen LogP contribution in [-0.2, 0) is 44.7 Å². The third-order valence-electron chi connectivity index (χ3n) is 7.11. The van der Waals surface area contributed by atoms with Gasteiger partial charge in [0.05, 0.1) is 29.0 Å². The zero-order valence-corrected chi connectivity index (χ0v) is 26.7. The number of rotatable bonds is 11. The quantitative estimate of drug-likeness (QED) is 0.255. The number of ether oxygens (including phenoxy) is 4. The van der Waals surface area contributed by atoms with Gasteiger partial charge in [-0.15, -0.1) is 0 Å². The molecule has 1 fully saturated rings. The third kappa shape index (κ3) is 14.5. The predicted octanol–water partition coefficient (Wildman–Crippen LogP) is 5.79. The molecule has 2 rings (SSSR count). The molecule has 234 valence electrons. The Morgan fingerprint density at radius 3 is 1.73 bits per heavy atom. The highest BCUT2D eigenvalue weighted by molar-refractivity contribution is 5.82. The number of cyclic esters (lactones) is 1. The highest BCUT2D eigenvalue weighted by Crippen LogP contribution is 2.24. The summed E-state index contributed by atoms with van der Waals surface area (Å²) in [7, 11) is 0. The fourth-order valence-corrected chi connectivity index (χ4v) is 2.62. The van der Waals surface area contributed by atoms with Gasteiger partial charge in [-0.1, -0.05) is 51.1 Å². The van der Waals surface area contributed by atoms with E-state index < -0.39 is 29.0 Å². The summed E-state index contributed by atoms with van der Waals surface area (Å²) in [6, 6.07) is 9.72. The van der Waals surface area contributed by atoms with Crippen LogP contribution in [0.3, 0.4) is 0 Å². The number of carbonyl (C=O) groups is 4. The van der Waals surface area contributed by atoms with Gasteiger partial charge in [-0.25, -0.2) is 4.79 Å². The molecular formula is C32H52O9. The van der Waals surface area contributed by atoms with E-state index in [-0.39, 0.29) is 29.9 Å². The number of aliphatic hydroxyl groups is 1. The maximum absolute atomic E-state index is 11.6. The van der Waals surface area contributed by atoms with Gasteiger partial charge in [0.15, 0.2) is 0 Å². The molecule has 1 N–H and O–H groups in total. The molecule has 1 aliphatic heterocycles. The van der Waals surface area contributed by atoms with Crippen molar-refractivity contribution < 1.29 is 43.2 Å². The number of esters is 4. The Hall–Kier alpha value is -2.94. The first-order valence-electron chi connectivity index (χ1n) is 14.4. The van der Waals surface area contributed by atoms with E-state index >= 15 is 0 Å². The topological polar surface area (TPSA) is 125 Å². The first kappa shape index (κ1) is 38.1.